The molecule has 0 fully saturated rings. The van der Waals surface area contributed by atoms with Crippen LogP contribution in [-0.2, 0) is 17.8 Å². The Hall–Kier alpha value is -2.33. The van der Waals surface area contributed by atoms with E-state index in [1.54, 1.807) is 0 Å². The van der Waals surface area contributed by atoms with Gasteiger partial charge in [-0.05, 0) is 36.9 Å². The van der Waals surface area contributed by atoms with Crippen molar-refractivity contribution in [2.45, 2.75) is 32.4 Å². The van der Waals surface area contributed by atoms with Crippen molar-refractivity contribution in [2.75, 3.05) is 13.2 Å². The molecule has 0 radical (unpaired) electrons. The van der Waals surface area contributed by atoms with Gasteiger partial charge >= 0.3 is 6.09 Å². The Morgan fingerprint density at radius 1 is 0.833 bits per heavy atom. The average molecular weight is 326 g/mol. The van der Waals surface area contributed by atoms with E-state index >= 15 is 0 Å². The van der Waals surface area contributed by atoms with Crippen LogP contribution in [0.5, 0.6) is 0 Å². The summed E-state index contributed by atoms with van der Waals surface area (Å²) >= 11 is 0. The minimum Gasteiger partial charge on any atom is -0.450 e. The van der Waals surface area contributed by atoms with Crippen LogP contribution in [0.25, 0.3) is 0 Å². The second-order valence-electron chi connectivity index (χ2n) is 5.91. The molecule has 2 aromatic rings. The summed E-state index contributed by atoms with van der Waals surface area (Å²) in [7, 11) is 0. The van der Waals surface area contributed by atoms with Crippen molar-refractivity contribution in [1.82, 2.24) is 4.90 Å². The molecule has 0 unspecified atom stereocenters. The Kier molecular flexibility index (Phi) is 7.84. The van der Waals surface area contributed by atoms with E-state index in [4.69, 9.17) is 10.5 Å². The Morgan fingerprint density at radius 2 is 1.38 bits per heavy atom. The SMILES string of the molecule is NC(=O)OCCCCCN(Cc1ccccc1)Cc1ccccc1. The Bertz CT molecular complexity index is 546. The van der Waals surface area contributed by atoms with Gasteiger partial charge in [0.05, 0.1) is 6.61 Å². The fourth-order valence-corrected chi connectivity index (χ4v) is 2.68. The molecule has 0 spiro atoms. The minimum atomic E-state index is -0.690. The predicted molar refractivity (Wildman–Crippen MR) is 96.4 cm³/mol. The van der Waals surface area contributed by atoms with Gasteiger partial charge in [-0.2, -0.15) is 0 Å². The topological polar surface area (TPSA) is 55.6 Å². The number of ether oxygens (including phenoxy) is 1. The van der Waals surface area contributed by atoms with E-state index in [1.807, 2.05) is 12.1 Å². The van der Waals surface area contributed by atoms with Gasteiger partial charge in [-0.3, -0.25) is 4.90 Å². The van der Waals surface area contributed by atoms with Crippen molar-refractivity contribution in [3.05, 3.63) is 71.8 Å². The summed E-state index contributed by atoms with van der Waals surface area (Å²) < 4.78 is 4.77. The Balaban J connectivity index is 1.82. The highest BCUT2D eigenvalue weighted by molar-refractivity contribution is 5.64. The molecular formula is C20H26N2O2. The third kappa shape index (κ3) is 7.29. The average Bonchev–Trinajstić information content (AvgIpc) is 2.59. The zero-order chi connectivity index (χ0) is 17.0. The van der Waals surface area contributed by atoms with Crippen molar-refractivity contribution < 1.29 is 9.53 Å². The summed E-state index contributed by atoms with van der Waals surface area (Å²) in [6.45, 7) is 3.30. The molecule has 2 aromatic carbocycles. The molecule has 4 heteroatoms. The van der Waals surface area contributed by atoms with Gasteiger partial charge < -0.3 is 10.5 Å². The molecule has 0 aliphatic carbocycles. The molecule has 2 rings (SSSR count). The van der Waals surface area contributed by atoms with Crippen LogP contribution in [0.1, 0.15) is 30.4 Å². The van der Waals surface area contributed by atoms with Crippen LogP contribution in [0.4, 0.5) is 4.79 Å². The first-order valence-corrected chi connectivity index (χ1v) is 8.46. The third-order valence-corrected chi connectivity index (χ3v) is 3.86. The van der Waals surface area contributed by atoms with Gasteiger partial charge in [-0.1, -0.05) is 60.7 Å². The first-order valence-electron chi connectivity index (χ1n) is 8.46. The number of nitrogens with zero attached hydrogens (tertiary/aromatic N) is 1. The first kappa shape index (κ1) is 18.0. The minimum absolute atomic E-state index is 0.409. The molecule has 24 heavy (non-hydrogen) atoms. The number of carbonyl (C=O) groups excluding carboxylic acids is 1. The normalized spacial score (nSPS) is 10.7. The zero-order valence-electron chi connectivity index (χ0n) is 14.1. The number of carbonyl (C=O) groups is 1. The molecule has 0 aliphatic rings. The second-order valence-corrected chi connectivity index (χ2v) is 5.91. The van der Waals surface area contributed by atoms with E-state index in [1.165, 1.54) is 11.1 Å². The predicted octanol–water partition coefficient (Wildman–Crippen LogP) is 3.95. The van der Waals surface area contributed by atoms with Crippen LogP contribution in [0, 0.1) is 0 Å². The Labute approximate surface area is 144 Å². The number of unbranched alkanes of at least 4 members (excludes halogenated alkanes) is 2. The van der Waals surface area contributed by atoms with Gasteiger partial charge in [0.15, 0.2) is 0 Å². The molecule has 0 aromatic heterocycles. The van der Waals surface area contributed by atoms with Crippen molar-refractivity contribution in [2.24, 2.45) is 5.73 Å². The third-order valence-electron chi connectivity index (χ3n) is 3.86. The number of hydrogen-bond donors (Lipinski definition) is 1. The van der Waals surface area contributed by atoms with Crippen LogP contribution in [0.15, 0.2) is 60.7 Å². The highest BCUT2D eigenvalue weighted by Crippen LogP contribution is 2.11. The van der Waals surface area contributed by atoms with Gasteiger partial charge in [0.25, 0.3) is 0 Å². The van der Waals surface area contributed by atoms with E-state index in [2.05, 4.69) is 53.4 Å². The summed E-state index contributed by atoms with van der Waals surface area (Å²) in [5.41, 5.74) is 7.61. The lowest BCUT2D eigenvalue weighted by atomic mass is 10.1. The number of rotatable bonds is 10. The van der Waals surface area contributed by atoms with Crippen LogP contribution in [0.2, 0.25) is 0 Å². The molecule has 0 aliphatic heterocycles. The molecule has 0 atom stereocenters. The quantitative estimate of drug-likeness (QED) is 0.673. The number of primary amides is 1. The van der Waals surface area contributed by atoms with Gasteiger partial charge in [-0.15, -0.1) is 0 Å². The van der Waals surface area contributed by atoms with Crippen molar-refractivity contribution >= 4 is 6.09 Å². The van der Waals surface area contributed by atoms with Gasteiger partial charge in [-0.25, -0.2) is 4.79 Å². The summed E-state index contributed by atoms with van der Waals surface area (Å²) in [6.07, 6.45) is 2.26. The molecule has 0 saturated heterocycles. The Morgan fingerprint density at radius 3 is 1.88 bits per heavy atom. The smallest absolute Gasteiger partial charge is 0.404 e. The number of benzene rings is 2. The number of nitrogens with two attached hydrogens (primary N) is 1. The van der Waals surface area contributed by atoms with Crippen molar-refractivity contribution in [3.63, 3.8) is 0 Å². The van der Waals surface area contributed by atoms with Crippen LogP contribution < -0.4 is 5.73 Å². The standard InChI is InChI=1S/C20H26N2O2/c21-20(23)24-15-9-3-8-14-22(16-18-10-4-1-5-11-18)17-19-12-6-2-7-13-19/h1-2,4-7,10-13H,3,8-9,14-17H2,(H2,21,23). The molecule has 1 amide bonds. The van der Waals surface area contributed by atoms with E-state index in [9.17, 15) is 4.79 Å². The largest absolute Gasteiger partial charge is 0.450 e. The van der Waals surface area contributed by atoms with Crippen molar-refractivity contribution in [1.29, 1.82) is 0 Å². The lowest BCUT2D eigenvalue weighted by molar-refractivity contribution is 0.153. The lowest BCUT2D eigenvalue weighted by Gasteiger charge is -2.22. The molecule has 0 bridgehead atoms. The van der Waals surface area contributed by atoms with Gasteiger partial charge in [0.1, 0.15) is 0 Å². The second kappa shape index (κ2) is 10.4. The highest BCUT2D eigenvalue weighted by atomic mass is 16.5. The molecule has 0 heterocycles. The summed E-state index contributed by atoms with van der Waals surface area (Å²) in [5.74, 6) is 0. The van der Waals surface area contributed by atoms with Crippen LogP contribution in [0.3, 0.4) is 0 Å². The monoisotopic (exact) mass is 326 g/mol. The van der Waals surface area contributed by atoms with E-state index in [0.29, 0.717) is 6.61 Å². The van der Waals surface area contributed by atoms with E-state index in [-0.39, 0.29) is 0 Å². The zero-order valence-corrected chi connectivity index (χ0v) is 14.1. The highest BCUT2D eigenvalue weighted by Gasteiger charge is 2.07. The van der Waals surface area contributed by atoms with E-state index < -0.39 is 6.09 Å². The number of hydrogen-bond acceptors (Lipinski definition) is 3. The first-order chi connectivity index (χ1) is 11.7. The molecule has 4 nitrogen and oxygen atoms in total. The maximum atomic E-state index is 10.5. The molecular weight excluding hydrogens is 300 g/mol. The van der Waals surface area contributed by atoms with Crippen LogP contribution >= 0.6 is 0 Å². The maximum Gasteiger partial charge on any atom is 0.404 e. The van der Waals surface area contributed by atoms with Crippen LogP contribution in [-0.4, -0.2) is 24.1 Å². The molecule has 0 saturated carbocycles. The van der Waals surface area contributed by atoms with Gasteiger partial charge in [0.2, 0.25) is 0 Å². The van der Waals surface area contributed by atoms with E-state index in [0.717, 1.165) is 38.9 Å². The maximum absolute atomic E-state index is 10.5. The molecule has 128 valence electrons. The summed E-state index contributed by atoms with van der Waals surface area (Å²) in [6, 6.07) is 21.1. The summed E-state index contributed by atoms with van der Waals surface area (Å²) in [4.78, 5) is 13.0. The lowest BCUT2D eigenvalue weighted by Crippen LogP contribution is -2.24. The summed E-state index contributed by atoms with van der Waals surface area (Å²) in [5, 5.41) is 0. The fourth-order valence-electron chi connectivity index (χ4n) is 2.68. The van der Waals surface area contributed by atoms with Crippen molar-refractivity contribution in [3.8, 4) is 0 Å². The molecule has 2 N–H and O–H groups in total. The van der Waals surface area contributed by atoms with Gasteiger partial charge in [0, 0.05) is 13.1 Å². The fraction of sp³-hybridized carbons (Fsp3) is 0.350. The number of amides is 1.